The summed E-state index contributed by atoms with van der Waals surface area (Å²) < 4.78 is 8.39. The van der Waals surface area contributed by atoms with Gasteiger partial charge < -0.3 is 9.03 Å². The van der Waals surface area contributed by atoms with Crippen LogP contribution in [0.1, 0.15) is 6.92 Å². The van der Waals surface area contributed by atoms with E-state index in [1.165, 1.54) is 0 Å². The molecule has 0 atom stereocenters. The van der Waals surface area contributed by atoms with Gasteiger partial charge in [0.2, 0.25) is 0 Å². The van der Waals surface area contributed by atoms with Crippen molar-refractivity contribution in [2.24, 2.45) is 0 Å². The first kappa shape index (κ1) is 7.72. The zero-order valence-electron chi connectivity index (χ0n) is 4.52. The van der Waals surface area contributed by atoms with E-state index in [0.717, 1.165) is 0 Å². The number of carbonyl (C=O) groups excluding carboxylic acids is 1. The topological polar surface area (TPSA) is 35.5 Å². The fourth-order valence-electron chi connectivity index (χ4n) is 0.208. The van der Waals surface area contributed by atoms with Gasteiger partial charge in [-0.05, 0) is 6.92 Å². The lowest BCUT2D eigenvalue weighted by Crippen LogP contribution is -2.07. The van der Waals surface area contributed by atoms with E-state index in [-0.39, 0.29) is 6.61 Å². The molecule has 0 spiro atoms. The highest BCUT2D eigenvalue weighted by Crippen LogP contribution is 1.82. The third-order valence-electron chi connectivity index (χ3n) is 0.510. The van der Waals surface area contributed by atoms with Gasteiger partial charge in [-0.1, -0.05) is 0 Å². The number of hydrogen-bond donors (Lipinski definition) is 0. The van der Waals surface area contributed by atoms with Gasteiger partial charge in [0.15, 0.2) is 0 Å². The van der Waals surface area contributed by atoms with Crippen LogP contribution in [0.3, 0.4) is 0 Å². The van der Waals surface area contributed by atoms with Crippen molar-refractivity contribution in [3.63, 3.8) is 0 Å². The van der Waals surface area contributed by atoms with Gasteiger partial charge in [0.05, 0.1) is 0 Å². The van der Waals surface area contributed by atoms with Crippen molar-refractivity contribution < 1.29 is 13.8 Å². The van der Waals surface area contributed by atoms with Crippen LogP contribution in [0.15, 0.2) is 0 Å². The molecule has 0 aromatic rings. The molecule has 4 heteroatoms. The SMILES string of the molecule is CCOCC(=O)OCl. The Morgan fingerprint density at radius 1 is 1.75 bits per heavy atom. The quantitative estimate of drug-likeness (QED) is 0.577. The van der Waals surface area contributed by atoms with Gasteiger partial charge in [-0.2, -0.15) is 0 Å². The minimum Gasteiger partial charge on any atom is -0.370 e. The zero-order valence-corrected chi connectivity index (χ0v) is 5.27. The van der Waals surface area contributed by atoms with E-state index in [9.17, 15) is 4.79 Å². The smallest absolute Gasteiger partial charge is 0.350 e. The molecule has 0 N–H and O–H groups in total. The summed E-state index contributed by atoms with van der Waals surface area (Å²) >= 11 is 4.66. The first-order chi connectivity index (χ1) is 3.81. The molecule has 0 aliphatic carbocycles. The number of ether oxygens (including phenoxy) is 1. The highest BCUT2D eigenvalue weighted by molar-refractivity contribution is 6.13. The third kappa shape index (κ3) is 3.89. The molecule has 0 aliphatic heterocycles. The summed E-state index contributed by atoms with van der Waals surface area (Å²) in [5, 5.41) is 0. The monoisotopic (exact) mass is 138 g/mol. The summed E-state index contributed by atoms with van der Waals surface area (Å²) in [6.07, 6.45) is 0. The number of hydrogen-bond acceptors (Lipinski definition) is 3. The molecule has 8 heavy (non-hydrogen) atoms. The lowest BCUT2D eigenvalue weighted by Gasteiger charge is -1.93. The van der Waals surface area contributed by atoms with Crippen molar-refractivity contribution in [3.8, 4) is 0 Å². The molecule has 0 heterocycles. The molecule has 0 rings (SSSR count). The van der Waals surface area contributed by atoms with Crippen LogP contribution in [0.5, 0.6) is 0 Å². The van der Waals surface area contributed by atoms with Crippen LogP contribution in [0.4, 0.5) is 0 Å². The number of carbonyl (C=O) groups is 1. The summed E-state index contributed by atoms with van der Waals surface area (Å²) in [5.41, 5.74) is 0. The molecule has 0 aromatic carbocycles. The number of halogens is 1. The van der Waals surface area contributed by atoms with Crippen LogP contribution in [0.2, 0.25) is 0 Å². The maximum Gasteiger partial charge on any atom is 0.350 e. The highest BCUT2D eigenvalue weighted by Gasteiger charge is 1.97. The fraction of sp³-hybridized carbons (Fsp3) is 0.750. The van der Waals surface area contributed by atoms with E-state index in [1.54, 1.807) is 6.92 Å². The molecule has 0 aromatic heterocycles. The lowest BCUT2D eigenvalue weighted by molar-refractivity contribution is -0.138. The highest BCUT2D eigenvalue weighted by atomic mass is 35.5. The largest absolute Gasteiger partial charge is 0.370 e. The van der Waals surface area contributed by atoms with Crippen LogP contribution in [-0.2, 0) is 13.8 Å². The summed E-state index contributed by atoms with van der Waals surface area (Å²) in [7, 11) is 0. The molecule has 0 aliphatic rings. The standard InChI is InChI=1S/C4H7ClO3/c1-2-7-3-4(6)8-5/h2-3H2,1H3. The Labute approximate surface area is 52.7 Å². The maximum atomic E-state index is 10.1. The Kier molecular flexibility index (Phi) is 4.70. The second-order valence-electron chi connectivity index (χ2n) is 1.09. The second kappa shape index (κ2) is 4.87. The predicted octanol–water partition coefficient (Wildman–Crippen LogP) is 0.720. The van der Waals surface area contributed by atoms with Crippen LogP contribution in [-0.4, -0.2) is 19.2 Å². The van der Waals surface area contributed by atoms with Gasteiger partial charge in [-0.3, -0.25) is 0 Å². The Bertz CT molecular complexity index is 73.7. The zero-order chi connectivity index (χ0) is 6.41. The minimum absolute atomic E-state index is 0.0694. The minimum atomic E-state index is -0.562. The lowest BCUT2D eigenvalue weighted by atomic mass is 10.7. The molecule has 0 saturated carbocycles. The predicted molar refractivity (Wildman–Crippen MR) is 28.4 cm³/mol. The van der Waals surface area contributed by atoms with E-state index in [4.69, 9.17) is 0 Å². The van der Waals surface area contributed by atoms with E-state index >= 15 is 0 Å². The second-order valence-corrected chi connectivity index (χ2v) is 1.24. The molecule has 0 radical (unpaired) electrons. The Hall–Kier alpha value is -0.280. The Morgan fingerprint density at radius 2 is 2.38 bits per heavy atom. The van der Waals surface area contributed by atoms with Crippen molar-refractivity contribution in [1.29, 1.82) is 0 Å². The first-order valence-corrected chi connectivity index (χ1v) is 2.51. The average Bonchev–Trinajstić information content (AvgIpc) is 1.83. The Balaban J connectivity index is 2.99. The maximum absolute atomic E-state index is 10.1. The third-order valence-corrected chi connectivity index (χ3v) is 0.682. The number of rotatable bonds is 3. The van der Waals surface area contributed by atoms with Gasteiger partial charge in [-0.25, -0.2) is 4.79 Å². The van der Waals surface area contributed by atoms with E-state index in [0.29, 0.717) is 6.61 Å². The molecule has 0 unspecified atom stereocenters. The van der Waals surface area contributed by atoms with Crippen molar-refractivity contribution in [2.75, 3.05) is 13.2 Å². The summed E-state index contributed by atoms with van der Waals surface area (Å²) in [6, 6.07) is 0. The average molecular weight is 139 g/mol. The summed E-state index contributed by atoms with van der Waals surface area (Å²) in [5.74, 6) is -0.562. The molecular weight excluding hydrogens is 131 g/mol. The molecule has 0 saturated heterocycles. The van der Waals surface area contributed by atoms with Crippen molar-refractivity contribution in [3.05, 3.63) is 0 Å². The van der Waals surface area contributed by atoms with Gasteiger partial charge in [0.25, 0.3) is 0 Å². The molecule has 0 bridgehead atoms. The molecule has 3 nitrogen and oxygen atoms in total. The van der Waals surface area contributed by atoms with Crippen LogP contribution >= 0.6 is 11.9 Å². The van der Waals surface area contributed by atoms with Crippen LogP contribution in [0, 0.1) is 0 Å². The van der Waals surface area contributed by atoms with Crippen molar-refractivity contribution >= 4 is 17.8 Å². The van der Waals surface area contributed by atoms with E-state index in [2.05, 4.69) is 20.9 Å². The van der Waals surface area contributed by atoms with Crippen LogP contribution < -0.4 is 0 Å². The molecule has 0 amide bonds. The Morgan fingerprint density at radius 3 is 2.75 bits per heavy atom. The van der Waals surface area contributed by atoms with E-state index < -0.39 is 5.97 Å². The van der Waals surface area contributed by atoms with Crippen LogP contribution in [0.25, 0.3) is 0 Å². The van der Waals surface area contributed by atoms with Crippen molar-refractivity contribution in [1.82, 2.24) is 0 Å². The van der Waals surface area contributed by atoms with Gasteiger partial charge in [0.1, 0.15) is 18.5 Å². The molecular formula is C4H7ClO3. The fourth-order valence-corrected chi connectivity index (χ4v) is 0.252. The molecule has 48 valence electrons. The normalized spacial score (nSPS) is 8.75. The summed E-state index contributed by atoms with van der Waals surface area (Å²) in [6.45, 7) is 2.20. The van der Waals surface area contributed by atoms with Gasteiger partial charge in [0, 0.05) is 6.61 Å². The first-order valence-electron chi connectivity index (χ1n) is 2.20. The van der Waals surface area contributed by atoms with Crippen molar-refractivity contribution in [2.45, 2.75) is 6.92 Å². The van der Waals surface area contributed by atoms with Gasteiger partial charge >= 0.3 is 5.97 Å². The van der Waals surface area contributed by atoms with Gasteiger partial charge in [-0.15, -0.1) is 0 Å². The molecule has 0 fully saturated rings. The summed E-state index contributed by atoms with van der Waals surface area (Å²) in [4.78, 5) is 10.1. The van der Waals surface area contributed by atoms with E-state index in [1.807, 2.05) is 0 Å².